The molecule has 0 aliphatic carbocycles. The fraction of sp³-hybridized carbons (Fsp3) is 0.467. The van der Waals surface area contributed by atoms with E-state index in [-0.39, 0.29) is 5.56 Å². The Balaban J connectivity index is 2.24. The van der Waals surface area contributed by atoms with Gasteiger partial charge in [-0.2, -0.15) is 13.2 Å². The molecule has 1 aromatic rings. The minimum atomic E-state index is -4.46. The first-order chi connectivity index (χ1) is 10.3. The maximum atomic E-state index is 12.5. The van der Waals surface area contributed by atoms with E-state index in [4.69, 9.17) is 0 Å². The van der Waals surface area contributed by atoms with E-state index in [0.29, 0.717) is 13.1 Å². The molecule has 4 nitrogen and oxygen atoms in total. The van der Waals surface area contributed by atoms with Gasteiger partial charge in [-0.25, -0.2) is 4.79 Å². The van der Waals surface area contributed by atoms with Gasteiger partial charge in [0.2, 0.25) is 0 Å². The van der Waals surface area contributed by atoms with Gasteiger partial charge < -0.3 is 4.74 Å². The van der Waals surface area contributed by atoms with E-state index in [2.05, 4.69) is 4.74 Å². The normalized spacial score (nSPS) is 17.3. The maximum Gasteiger partial charge on any atom is 0.416 e. The van der Waals surface area contributed by atoms with E-state index >= 15 is 0 Å². The van der Waals surface area contributed by atoms with Crippen LogP contribution in [0.15, 0.2) is 24.3 Å². The van der Waals surface area contributed by atoms with Crippen LogP contribution >= 0.6 is 0 Å². The summed E-state index contributed by atoms with van der Waals surface area (Å²) >= 11 is 0. The number of benzene rings is 1. The lowest BCUT2D eigenvalue weighted by Crippen LogP contribution is -2.46. The smallest absolute Gasteiger partial charge is 0.416 e. The molecular formula is C15H16F3NO3. The van der Waals surface area contributed by atoms with Gasteiger partial charge in [0.15, 0.2) is 11.8 Å². The lowest BCUT2D eigenvalue weighted by Gasteiger charge is -2.24. The highest BCUT2D eigenvalue weighted by Gasteiger charge is 2.36. The Hall–Kier alpha value is -1.89. The van der Waals surface area contributed by atoms with Crippen LogP contribution in [0.5, 0.6) is 0 Å². The van der Waals surface area contributed by atoms with Crippen molar-refractivity contribution in [2.45, 2.75) is 25.1 Å². The van der Waals surface area contributed by atoms with E-state index in [0.717, 1.165) is 37.1 Å². The predicted octanol–water partition coefficient (Wildman–Crippen LogP) is 2.53. The third-order valence-electron chi connectivity index (χ3n) is 3.68. The van der Waals surface area contributed by atoms with Crippen molar-refractivity contribution in [2.75, 3.05) is 20.2 Å². The summed E-state index contributed by atoms with van der Waals surface area (Å²) in [5.74, 6) is -1.23. The molecule has 1 aliphatic heterocycles. The summed E-state index contributed by atoms with van der Waals surface area (Å²) in [5.41, 5.74) is -0.768. The first kappa shape index (κ1) is 16.5. The second-order valence-electron chi connectivity index (χ2n) is 5.11. The third-order valence-corrected chi connectivity index (χ3v) is 3.68. The standard InChI is InChI=1S/C15H16F3NO3/c1-22-14(21)12(19-8-2-3-9-19)13(20)10-4-6-11(7-5-10)15(16,17)18/h4-7,12H,2-3,8-9H2,1H3. The Morgan fingerprint density at radius 2 is 1.68 bits per heavy atom. The number of esters is 1. The monoisotopic (exact) mass is 315 g/mol. The van der Waals surface area contributed by atoms with Gasteiger partial charge in [-0.3, -0.25) is 9.69 Å². The van der Waals surface area contributed by atoms with Crippen molar-refractivity contribution in [3.63, 3.8) is 0 Å². The van der Waals surface area contributed by atoms with E-state index in [1.807, 2.05) is 0 Å². The molecule has 0 aromatic heterocycles. The molecule has 0 radical (unpaired) electrons. The second-order valence-corrected chi connectivity index (χ2v) is 5.11. The number of alkyl halides is 3. The van der Waals surface area contributed by atoms with Crippen LogP contribution in [0.1, 0.15) is 28.8 Å². The van der Waals surface area contributed by atoms with Crippen molar-refractivity contribution < 1.29 is 27.5 Å². The van der Waals surface area contributed by atoms with Crippen molar-refractivity contribution >= 4 is 11.8 Å². The van der Waals surface area contributed by atoms with Crippen LogP contribution in [0.3, 0.4) is 0 Å². The summed E-state index contributed by atoms with van der Waals surface area (Å²) in [4.78, 5) is 26.0. The number of ketones is 1. The average Bonchev–Trinajstić information content (AvgIpc) is 3.00. The Labute approximate surface area is 125 Å². The maximum absolute atomic E-state index is 12.5. The first-order valence-electron chi connectivity index (χ1n) is 6.88. The summed E-state index contributed by atoms with van der Waals surface area (Å²) in [7, 11) is 1.19. The molecule has 1 heterocycles. The predicted molar refractivity (Wildman–Crippen MR) is 72.4 cm³/mol. The van der Waals surface area contributed by atoms with Crippen molar-refractivity contribution in [2.24, 2.45) is 0 Å². The Morgan fingerprint density at radius 1 is 1.14 bits per heavy atom. The largest absolute Gasteiger partial charge is 0.467 e. The van der Waals surface area contributed by atoms with Crippen LogP contribution in [-0.4, -0.2) is 42.9 Å². The van der Waals surface area contributed by atoms with Gasteiger partial charge in [-0.05, 0) is 38.1 Å². The van der Waals surface area contributed by atoms with Crippen LogP contribution in [-0.2, 0) is 15.7 Å². The van der Waals surface area contributed by atoms with Crippen LogP contribution in [0.4, 0.5) is 13.2 Å². The van der Waals surface area contributed by atoms with E-state index < -0.39 is 29.5 Å². The molecule has 2 rings (SSSR count). The summed E-state index contributed by atoms with van der Waals surface area (Å²) < 4.78 is 42.3. The zero-order valence-corrected chi connectivity index (χ0v) is 12.0. The molecule has 1 atom stereocenters. The molecule has 120 valence electrons. The van der Waals surface area contributed by atoms with Crippen molar-refractivity contribution in [3.05, 3.63) is 35.4 Å². The molecule has 0 spiro atoms. The van der Waals surface area contributed by atoms with Gasteiger partial charge in [0.1, 0.15) is 0 Å². The lowest BCUT2D eigenvalue weighted by molar-refractivity contribution is -0.144. The van der Waals surface area contributed by atoms with Crippen LogP contribution in [0, 0.1) is 0 Å². The molecule has 0 N–H and O–H groups in total. The van der Waals surface area contributed by atoms with Gasteiger partial charge in [-0.15, -0.1) is 0 Å². The summed E-state index contributed by atoms with van der Waals surface area (Å²) in [6, 6.07) is 2.77. The highest BCUT2D eigenvalue weighted by Crippen LogP contribution is 2.29. The minimum Gasteiger partial charge on any atom is -0.467 e. The zero-order valence-electron chi connectivity index (χ0n) is 12.0. The fourth-order valence-corrected chi connectivity index (χ4v) is 2.51. The van der Waals surface area contributed by atoms with Gasteiger partial charge in [0.05, 0.1) is 12.7 Å². The molecule has 1 unspecified atom stereocenters. The highest BCUT2D eigenvalue weighted by molar-refractivity contribution is 6.12. The van der Waals surface area contributed by atoms with E-state index in [1.54, 1.807) is 4.90 Å². The number of carbonyl (C=O) groups excluding carboxylic acids is 2. The number of Topliss-reactive ketones (excluding diaryl/α,β-unsaturated/α-hetero) is 1. The third kappa shape index (κ3) is 3.47. The van der Waals surface area contributed by atoms with E-state index in [9.17, 15) is 22.8 Å². The SMILES string of the molecule is COC(=O)C(C(=O)c1ccc(C(F)(F)F)cc1)N1CCCC1. The number of rotatable bonds is 4. The molecular weight excluding hydrogens is 299 g/mol. The molecule has 1 fully saturated rings. The molecule has 0 amide bonds. The number of hydrogen-bond acceptors (Lipinski definition) is 4. The van der Waals surface area contributed by atoms with Gasteiger partial charge >= 0.3 is 12.1 Å². The fourth-order valence-electron chi connectivity index (χ4n) is 2.51. The zero-order chi connectivity index (χ0) is 16.3. The molecule has 7 heteroatoms. The minimum absolute atomic E-state index is 0.0651. The van der Waals surface area contributed by atoms with E-state index in [1.165, 1.54) is 7.11 Å². The highest BCUT2D eigenvalue weighted by atomic mass is 19.4. The van der Waals surface area contributed by atoms with Gasteiger partial charge in [-0.1, -0.05) is 12.1 Å². The number of nitrogens with zero attached hydrogens (tertiary/aromatic N) is 1. The quantitative estimate of drug-likeness (QED) is 0.487. The van der Waals surface area contributed by atoms with Crippen molar-refractivity contribution in [3.8, 4) is 0 Å². The Morgan fingerprint density at radius 3 is 2.14 bits per heavy atom. The number of hydrogen-bond donors (Lipinski definition) is 0. The first-order valence-corrected chi connectivity index (χ1v) is 6.88. The Kier molecular flexibility index (Phi) is 4.85. The number of carbonyl (C=O) groups is 2. The van der Waals surface area contributed by atoms with Crippen LogP contribution in [0.25, 0.3) is 0 Å². The number of ether oxygens (including phenoxy) is 1. The van der Waals surface area contributed by atoms with Gasteiger partial charge in [0.25, 0.3) is 0 Å². The average molecular weight is 315 g/mol. The number of halogens is 3. The molecule has 1 aliphatic rings. The molecule has 1 aromatic carbocycles. The second kappa shape index (κ2) is 6.48. The van der Waals surface area contributed by atoms with Crippen LogP contribution < -0.4 is 0 Å². The topological polar surface area (TPSA) is 46.6 Å². The summed E-state index contributed by atoms with van der Waals surface area (Å²) in [6.45, 7) is 1.18. The van der Waals surface area contributed by atoms with Crippen LogP contribution in [0.2, 0.25) is 0 Å². The lowest BCUT2D eigenvalue weighted by atomic mass is 10.0. The van der Waals surface area contributed by atoms with Gasteiger partial charge in [0, 0.05) is 5.56 Å². The number of methoxy groups -OCH3 is 1. The summed E-state index contributed by atoms with van der Waals surface area (Å²) in [6.07, 6.45) is -2.72. The molecule has 22 heavy (non-hydrogen) atoms. The molecule has 1 saturated heterocycles. The van der Waals surface area contributed by atoms with Crippen molar-refractivity contribution in [1.82, 2.24) is 4.90 Å². The number of likely N-dealkylation sites (tertiary alicyclic amines) is 1. The molecule has 0 bridgehead atoms. The summed E-state index contributed by atoms with van der Waals surface area (Å²) in [5, 5.41) is 0. The Bertz CT molecular complexity index is 548. The van der Waals surface area contributed by atoms with Crippen molar-refractivity contribution in [1.29, 1.82) is 0 Å². The molecule has 0 saturated carbocycles.